The molecule has 1 aliphatic carbocycles. The summed E-state index contributed by atoms with van der Waals surface area (Å²) in [5.41, 5.74) is 2.35. The Balaban J connectivity index is 2.16. The van der Waals surface area contributed by atoms with Crippen molar-refractivity contribution in [1.29, 1.82) is 0 Å². The van der Waals surface area contributed by atoms with E-state index in [-0.39, 0.29) is 10.6 Å². The molecule has 0 aromatic heterocycles. The highest BCUT2D eigenvalue weighted by Crippen LogP contribution is 2.24. The number of nitro benzene ring substituents is 1. The quantitative estimate of drug-likeness (QED) is 0.544. The molecular weight excluding hydrogens is 190 g/mol. The largest absolute Gasteiger partial charge is 0.269 e. The Morgan fingerprint density at radius 3 is 2.27 bits per heavy atom. The molecule has 0 N–H and O–H groups in total. The highest BCUT2D eigenvalue weighted by molar-refractivity contribution is 5.59. The molecule has 15 heavy (non-hydrogen) atoms. The lowest BCUT2D eigenvalue weighted by Crippen LogP contribution is -1.87. The Morgan fingerprint density at radius 2 is 1.73 bits per heavy atom. The molecule has 0 bridgehead atoms. The van der Waals surface area contributed by atoms with Crippen molar-refractivity contribution in [3.63, 3.8) is 0 Å². The van der Waals surface area contributed by atoms with Gasteiger partial charge in [0.1, 0.15) is 0 Å². The fourth-order valence-electron chi connectivity index (χ4n) is 1.59. The third-order valence-electron chi connectivity index (χ3n) is 2.36. The second kappa shape index (κ2) is 4.26. The van der Waals surface area contributed by atoms with E-state index in [4.69, 9.17) is 0 Å². The van der Waals surface area contributed by atoms with Crippen molar-refractivity contribution >= 4 is 11.8 Å². The molecule has 3 nitrogen and oxygen atoms in total. The van der Waals surface area contributed by atoms with Gasteiger partial charge in [0, 0.05) is 12.1 Å². The van der Waals surface area contributed by atoms with Crippen molar-refractivity contribution in [2.24, 2.45) is 0 Å². The predicted molar refractivity (Wildman–Crippen MR) is 58.9 cm³/mol. The number of non-ortho nitro benzene ring substituents is 1. The van der Waals surface area contributed by atoms with E-state index in [0.29, 0.717) is 0 Å². The molecular formula is C12H11NO2. The van der Waals surface area contributed by atoms with E-state index in [1.807, 2.05) is 6.08 Å². The average Bonchev–Trinajstić information content (AvgIpc) is 2.71. The van der Waals surface area contributed by atoms with Crippen LogP contribution < -0.4 is 0 Å². The molecule has 1 aromatic carbocycles. The van der Waals surface area contributed by atoms with Crippen molar-refractivity contribution in [2.45, 2.75) is 12.8 Å². The lowest BCUT2D eigenvalue weighted by atomic mass is 10.1. The van der Waals surface area contributed by atoms with Gasteiger partial charge in [-0.25, -0.2) is 0 Å². The molecule has 1 fully saturated rings. The molecule has 0 saturated heterocycles. The second-order valence-electron chi connectivity index (χ2n) is 3.48. The minimum Gasteiger partial charge on any atom is -0.258 e. The summed E-state index contributed by atoms with van der Waals surface area (Å²) in [5.74, 6) is 0. The molecule has 0 atom stereocenters. The minimum absolute atomic E-state index is 0.136. The van der Waals surface area contributed by atoms with Crippen LogP contribution in [-0.4, -0.2) is 4.92 Å². The summed E-state index contributed by atoms with van der Waals surface area (Å²) < 4.78 is 0. The van der Waals surface area contributed by atoms with Crippen LogP contribution in [0.25, 0.3) is 6.08 Å². The smallest absolute Gasteiger partial charge is 0.258 e. The molecule has 0 aliphatic heterocycles. The van der Waals surface area contributed by atoms with E-state index in [1.54, 1.807) is 12.1 Å². The molecule has 3 heteroatoms. The van der Waals surface area contributed by atoms with E-state index >= 15 is 0 Å². The maximum atomic E-state index is 10.4. The molecule has 1 saturated carbocycles. The van der Waals surface area contributed by atoms with Gasteiger partial charge < -0.3 is 0 Å². The normalized spacial score (nSPS) is 15.3. The number of nitrogens with zero attached hydrogens (tertiary/aromatic N) is 1. The standard InChI is InChI=1S/C12H11NO2/c14-13(15)12-7-5-11(6-8-12)9-10-3-1-2-4-10/h3-9H,1-2H2. The third kappa shape index (κ3) is 2.43. The fraction of sp³-hybridized carbons (Fsp3) is 0.167. The minimum atomic E-state index is -0.384. The maximum Gasteiger partial charge on any atom is 0.269 e. The summed E-state index contributed by atoms with van der Waals surface area (Å²) in [6.45, 7) is 0. The van der Waals surface area contributed by atoms with E-state index in [2.05, 4.69) is 12.8 Å². The zero-order valence-electron chi connectivity index (χ0n) is 8.22. The van der Waals surface area contributed by atoms with Gasteiger partial charge in [-0.1, -0.05) is 11.6 Å². The van der Waals surface area contributed by atoms with Gasteiger partial charge in [0.25, 0.3) is 5.69 Å². The Kier molecular flexibility index (Phi) is 2.81. The molecule has 2 radical (unpaired) electrons. The molecule has 76 valence electrons. The van der Waals surface area contributed by atoms with Gasteiger partial charge in [-0.05, 0) is 43.4 Å². The van der Waals surface area contributed by atoms with Crippen LogP contribution in [-0.2, 0) is 0 Å². The lowest BCUT2D eigenvalue weighted by Gasteiger charge is -1.96. The van der Waals surface area contributed by atoms with E-state index in [9.17, 15) is 10.1 Å². The van der Waals surface area contributed by atoms with Gasteiger partial charge in [-0.2, -0.15) is 0 Å². The first kappa shape index (κ1) is 9.90. The fourth-order valence-corrected chi connectivity index (χ4v) is 1.59. The maximum absolute atomic E-state index is 10.4. The van der Waals surface area contributed by atoms with Crippen LogP contribution in [0, 0.1) is 23.0 Å². The lowest BCUT2D eigenvalue weighted by molar-refractivity contribution is -0.384. The number of hydrogen-bond donors (Lipinski definition) is 0. The van der Waals surface area contributed by atoms with E-state index in [0.717, 1.165) is 18.4 Å². The number of benzene rings is 1. The van der Waals surface area contributed by atoms with Crippen LogP contribution in [0.1, 0.15) is 18.4 Å². The van der Waals surface area contributed by atoms with Gasteiger partial charge in [0.15, 0.2) is 0 Å². The first-order chi connectivity index (χ1) is 7.25. The predicted octanol–water partition coefficient (Wildman–Crippen LogP) is 3.18. The van der Waals surface area contributed by atoms with Crippen LogP contribution in [0.2, 0.25) is 0 Å². The van der Waals surface area contributed by atoms with Crippen molar-refractivity contribution in [2.75, 3.05) is 0 Å². The summed E-state index contributed by atoms with van der Waals surface area (Å²) in [6.07, 6.45) is 8.57. The second-order valence-corrected chi connectivity index (χ2v) is 3.48. The third-order valence-corrected chi connectivity index (χ3v) is 2.36. The highest BCUT2D eigenvalue weighted by Gasteiger charge is 2.07. The van der Waals surface area contributed by atoms with Gasteiger partial charge in [-0.15, -0.1) is 0 Å². The van der Waals surface area contributed by atoms with E-state index in [1.165, 1.54) is 17.7 Å². The van der Waals surface area contributed by atoms with Gasteiger partial charge in [-0.3, -0.25) is 10.1 Å². The van der Waals surface area contributed by atoms with Crippen molar-refractivity contribution in [3.05, 3.63) is 58.4 Å². The molecule has 1 aliphatic rings. The van der Waals surface area contributed by atoms with Crippen LogP contribution in [0.4, 0.5) is 5.69 Å². The molecule has 0 unspecified atom stereocenters. The SMILES string of the molecule is O=[N+]([O-])c1ccc(C=C2[CH]CC[CH]2)cc1. The Bertz CT molecular complexity index is 385. The van der Waals surface area contributed by atoms with Gasteiger partial charge in [0.05, 0.1) is 4.92 Å². The summed E-state index contributed by atoms with van der Waals surface area (Å²) in [5, 5.41) is 10.4. The summed E-state index contributed by atoms with van der Waals surface area (Å²) in [4.78, 5) is 10.1. The first-order valence-electron chi connectivity index (χ1n) is 4.88. The summed E-state index contributed by atoms with van der Waals surface area (Å²) in [6, 6.07) is 6.60. The first-order valence-corrected chi connectivity index (χ1v) is 4.88. The molecule has 0 spiro atoms. The van der Waals surface area contributed by atoms with Gasteiger partial charge in [0.2, 0.25) is 0 Å². The molecule has 2 rings (SSSR count). The zero-order valence-corrected chi connectivity index (χ0v) is 8.22. The summed E-state index contributed by atoms with van der Waals surface area (Å²) >= 11 is 0. The number of hydrogen-bond acceptors (Lipinski definition) is 2. The van der Waals surface area contributed by atoms with Crippen LogP contribution in [0.15, 0.2) is 29.8 Å². The Labute approximate surface area is 88.6 Å². The zero-order chi connectivity index (χ0) is 10.7. The van der Waals surface area contributed by atoms with Crippen LogP contribution >= 0.6 is 0 Å². The monoisotopic (exact) mass is 201 g/mol. The van der Waals surface area contributed by atoms with Crippen molar-refractivity contribution in [3.8, 4) is 0 Å². The number of nitro groups is 1. The molecule has 0 heterocycles. The average molecular weight is 201 g/mol. The Hall–Kier alpha value is -1.64. The van der Waals surface area contributed by atoms with Crippen LogP contribution in [0.3, 0.4) is 0 Å². The van der Waals surface area contributed by atoms with Crippen molar-refractivity contribution < 1.29 is 4.92 Å². The molecule has 0 amide bonds. The molecule has 1 aromatic rings. The highest BCUT2D eigenvalue weighted by atomic mass is 16.6. The number of rotatable bonds is 2. The van der Waals surface area contributed by atoms with E-state index < -0.39 is 0 Å². The topological polar surface area (TPSA) is 43.1 Å². The number of allylic oxidation sites excluding steroid dienone is 1. The van der Waals surface area contributed by atoms with Gasteiger partial charge >= 0.3 is 0 Å². The Morgan fingerprint density at radius 1 is 1.13 bits per heavy atom. The van der Waals surface area contributed by atoms with Crippen molar-refractivity contribution in [1.82, 2.24) is 0 Å². The summed E-state index contributed by atoms with van der Waals surface area (Å²) in [7, 11) is 0. The van der Waals surface area contributed by atoms with Crippen LogP contribution in [0.5, 0.6) is 0 Å².